The number of hydrogen-bond donors (Lipinski definition) is 1. The minimum Gasteiger partial charge on any atom is -0.443 e. The minimum atomic E-state index is -0.587. The molecule has 1 rings (SSSR count). The van der Waals surface area contributed by atoms with Crippen molar-refractivity contribution in [1.82, 2.24) is 9.97 Å². The standard InChI is InChI=1S/C14H24N4O2/c1-9-8-10(15)17-11(16-9)18(13(2,3)4)12(19)20-14(5,6)7/h8H,1-7H3,(H2,15,16,17). The van der Waals surface area contributed by atoms with E-state index in [0.717, 1.165) is 0 Å². The number of nitrogen functional groups attached to an aromatic ring is 1. The largest absolute Gasteiger partial charge is 0.443 e. The van der Waals surface area contributed by atoms with Crippen LogP contribution in [0.3, 0.4) is 0 Å². The number of aromatic nitrogens is 2. The summed E-state index contributed by atoms with van der Waals surface area (Å²) in [7, 11) is 0. The van der Waals surface area contributed by atoms with E-state index in [4.69, 9.17) is 10.5 Å². The molecule has 0 aliphatic carbocycles. The van der Waals surface area contributed by atoms with Crippen molar-refractivity contribution in [1.29, 1.82) is 0 Å². The first-order chi connectivity index (χ1) is 8.90. The highest BCUT2D eigenvalue weighted by Crippen LogP contribution is 2.24. The number of rotatable bonds is 1. The van der Waals surface area contributed by atoms with Crippen LogP contribution in [-0.4, -0.2) is 27.2 Å². The van der Waals surface area contributed by atoms with Gasteiger partial charge in [0, 0.05) is 17.3 Å². The van der Waals surface area contributed by atoms with Crippen LogP contribution in [0.1, 0.15) is 47.2 Å². The van der Waals surface area contributed by atoms with Crippen LogP contribution in [0, 0.1) is 6.92 Å². The first-order valence-corrected chi connectivity index (χ1v) is 6.54. The van der Waals surface area contributed by atoms with Crippen molar-refractivity contribution in [2.75, 3.05) is 10.6 Å². The zero-order valence-corrected chi connectivity index (χ0v) is 13.3. The molecule has 1 heterocycles. The quantitative estimate of drug-likeness (QED) is 0.855. The average molecular weight is 280 g/mol. The molecule has 6 heteroatoms. The number of hydrogen-bond acceptors (Lipinski definition) is 5. The summed E-state index contributed by atoms with van der Waals surface area (Å²) in [5.74, 6) is 0.578. The maximum Gasteiger partial charge on any atom is 0.417 e. The summed E-state index contributed by atoms with van der Waals surface area (Å²) in [6.45, 7) is 12.9. The molecule has 0 saturated heterocycles. The lowest BCUT2D eigenvalue weighted by Crippen LogP contribution is -2.49. The molecule has 0 fully saturated rings. The SMILES string of the molecule is Cc1cc(N)nc(N(C(=O)OC(C)(C)C)C(C)(C)C)n1. The van der Waals surface area contributed by atoms with E-state index >= 15 is 0 Å². The summed E-state index contributed by atoms with van der Waals surface area (Å²) in [6.07, 6.45) is -0.491. The number of carbonyl (C=O) groups excluding carboxylic acids is 1. The highest BCUT2D eigenvalue weighted by atomic mass is 16.6. The molecular formula is C14H24N4O2. The molecule has 112 valence electrons. The van der Waals surface area contributed by atoms with Crippen LogP contribution in [0.5, 0.6) is 0 Å². The molecule has 0 spiro atoms. The highest BCUT2D eigenvalue weighted by Gasteiger charge is 2.34. The monoisotopic (exact) mass is 280 g/mol. The molecule has 0 aliphatic rings. The van der Waals surface area contributed by atoms with Gasteiger partial charge in [-0.25, -0.2) is 14.7 Å². The third-order valence-electron chi connectivity index (χ3n) is 2.31. The first-order valence-electron chi connectivity index (χ1n) is 6.54. The Hall–Kier alpha value is -1.85. The molecule has 1 aromatic heterocycles. The van der Waals surface area contributed by atoms with Crippen molar-refractivity contribution in [3.8, 4) is 0 Å². The van der Waals surface area contributed by atoms with Crippen LogP contribution in [-0.2, 0) is 4.74 Å². The fourth-order valence-electron chi connectivity index (χ4n) is 1.64. The van der Waals surface area contributed by atoms with Gasteiger partial charge in [0.15, 0.2) is 0 Å². The minimum absolute atomic E-state index is 0.254. The molecule has 2 N–H and O–H groups in total. The summed E-state index contributed by atoms with van der Waals surface area (Å²) in [5.41, 5.74) is 5.32. The molecule has 0 saturated carbocycles. The Balaban J connectivity index is 3.23. The van der Waals surface area contributed by atoms with Crippen LogP contribution in [0.4, 0.5) is 16.6 Å². The number of anilines is 2. The van der Waals surface area contributed by atoms with Crippen molar-refractivity contribution >= 4 is 17.9 Å². The van der Waals surface area contributed by atoms with Gasteiger partial charge in [-0.2, -0.15) is 4.98 Å². The van der Waals surface area contributed by atoms with Crippen molar-refractivity contribution in [3.05, 3.63) is 11.8 Å². The zero-order valence-electron chi connectivity index (χ0n) is 13.3. The van der Waals surface area contributed by atoms with Crippen molar-refractivity contribution in [3.63, 3.8) is 0 Å². The smallest absolute Gasteiger partial charge is 0.417 e. The average Bonchev–Trinajstić information content (AvgIpc) is 2.08. The van der Waals surface area contributed by atoms with Gasteiger partial charge in [0.1, 0.15) is 11.4 Å². The van der Waals surface area contributed by atoms with Crippen molar-refractivity contribution in [2.45, 2.75) is 59.6 Å². The van der Waals surface area contributed by atoms with E-state index in [-0.39, 0.29) is 5.95 Å². The van der Waals surface area contributed by atoms with Crippen LogP contribution in [0.15, 0.2) is 6.07 Å². The second-order valence-electron chi connectivity index (χ2n) is 6.72. The number of nitrogens with zero attached hydrogens (tertiary/aromatic N) is 3. The molecule has 6 nitrogen and oxygen atoms in total. The van der Waals surface area contributed by atoms with E-state index in [2.05, 4.69) is 9.97 Å². The van der Waals surface area contributed by atoms with Gasteiger partial charge < -0.3 is 10.5 Å². The van der Waals surface area contributed by atoms with Gasteiger partial charge in [-0.05, 0) is 48.5 Å². The molecule has 0 bridgehead atoms. The number of aryl methyl sites for hydroxylation is 1. The van der Waals surface area contributed by atoms with Gasteiger partial charge in [0.05, 0.1) is 0 Å². The molecule has 0 radical (unpaired) electrons. The van der Waals surface area contributed by atoms with Gasteiger partial charge in [-0.15, -0.1) is 0 Å². The number of ether oxygens (including phenoxy) is 1. The Kier molecular flexibility index (Phi) is 4.27. The third-order valence-corrected chi connectivity index (χ3v) is 2.31. The fourth-order valence-corrected chi connectivity index (χ4v) is 1.64. The van der Waals surface area contributed by atoms with Crippen LogP contribution >= 0.6 is 0 Å². The van der Waals surface area contributed by atoms with Gasteiger partial charge >= 0.3 is 6.09 Å². The summed E-state index contributed by atoms with van der Waals surface area (Å²) >= 11 is 0. The number of carbonyl (C=O) groups is 1. The van der Waals surface area contributed by atoms with Crippen LogP contribution in [0.2, 0.25) is 0 Å². The lowest BCUT2D eigenvalue weighted by molar-refractivity contribution is 0.0547. The highest BCUT2D eigenvalue weighted by molar-refractivity contribution is 5.87. The van der Waals surface area contributed by atoms with E-state index in [9.17, 15) is 4.79 Å². The van der Waals surface area contributed by atoms with Crippen LogP contribution in [0.25, 0.3) is 0 Å². The summed E-state index contributed by atoms with van der Waals surface area (Å²) < 4.78 is 5.43. The van der Waals surface area contributed by atoms with Crippen molar-refractivity contribution < 1.29 is 9.53 Å². The van der Waals surface area contributed by atoms with E-state index in [1.807, 2.05) is 41.5 Å². The van der Waals surface area contributed by atoms with Gasteiger partial charge in [0.2, 0.25) is 5.95 Å². The van der Waals surface area contributed by atoms with Crippen molar-refractivity contribution in [2.24, 2.45) is 0 Å². The van der Waals surface area contributed by atoms with E-state index in [1.165, 1.54) is 4.90 Å². The lowest BCUT2D eigenvalue weighted by atomic mass is 10.1. The molecule has 1 aromatic rings. The molecule has 0 aromatic carbocycles. The number of amides is 1. The summed E-state index contributed by atoms with van der Waals surface area (Å²) in [5, 5.41) is 0. The van der Waals surface area contributed by atoms with E-state index in [0.29, 0.717) is 11.5 Å². The molecule has 1 amide bonds. The predicted octanol–water partition coefficient (Wildman–Crippen LogP) is 2.91. The zero-order chi connectivity index (χ0) is 15.7. The molecule has 20 heavy (non-hydrogen) atoms. The topological polar surface area (TPSA) is 81.3 Å². The van der Waals surface area contributed by atoms with Gasteiger partial charge in [-0.3, -0.25) is 0 Å². The van der Waals surface area contributed by atoms with E-state index < -0.39 is 17.2 Å². The Morgan fingerprint density at radius 1 is 1.20 bits per heavy atom. The Bertz CT molecular complexity index is 481. The first kappa shape index (κ1) is 16.2. The summed E-state index contributed by atoms with van der Waals surface area (Å²) in [4.78, 5) is 22.3. The maximum absolute atomic E-state index is 12.4. The van der Waals surface area contributed by atoms with Gasteiger partial charge in [-0.1, -0.05) is 0 Å². The van der Waals surface area contributed by atoms with Crippen LogP contribution < -0.4 is 10.6 Å². The molecule has 0 unspecified atom stereocenters. The number of nitrogens with two attached hydrogens (primary N) is 1. The maximum atomic E-state index is 12.4. The summed E-state index contributed by atoms with van der Waals surface area (Å²) in [6, 6.07) is 1.65. The molecule has 0 atom stereocenters. The Labute approximate surface area is 120 Å². The third kappa shape index (κ3) is 4.36. The molecular weight excluding hydrogens is 256 g/mol. The Morgan fingerprint density at radius 3 is 2.15 bits per heavy atom. The van der Waals surface area contributed by atoms with Gasteiger partial charge in [0.25, 0.3) is 0 Å². The lowest BCUT2D eigenvalue weighted by Gasteiger charge is -2.35. The molecule has 0 aliphatic heterocycles. The second kappa shape index (κ2) is 5.26. The fraction of sp³-hybridized carbons (Fsp3) is 0.643. The predicted molar refractivity (Wildman–Crippen MR) is 79.6 cm³/mol. The normalized spacial score (nSPS) is 12.2. The Morgan fingerprint density at radius 2 is 1.75 bits per heavy atom. The van der Waals surface area contributed by atoms with E-state index in [1.54, 1.807) is 13.0 Å². The second-order valence-corrected chi connectivity index (χ2v) is 6.72.